The van der Waals surface area contributed by atoms with E-state index in [4.69, 9.17) is 4.74 Å². The molecule has 0 fully saturated rings. The van der Waals surface area contributed by atoms with Gasteiger partial charge in [0.2, 0.25) is 10.0 Å². The Labute approximate surface area is 238 Å². The second-order valence-corrected chi connectivity index (χ2v) is 11.4. The number of rotatable bonds is 17. The Balaban J connectivity index is 1.68. The minimum Gasteiger partial charge on any atom is -0.445 e. The molecule has 1 heterocycles. The molecule has 0 saturated carbocycles. The van der Waals surface area contributed by atoms with Crippen LogP contribution in [0.4, 0.5) is 4.79 Å². The maximum absolute atomic E-state index is 13.1. The quantitative estimate of drug-likeness (QED) is 0.251. The molecule has 2 aromatic carbocycles. The van der Waals surface area contributed by atoms with Crippen molar-refractivity contribution in [2.75, 3.05) is 25.4 Å². The molecule has 3 rings (SSSR count). The number of carbonyl (C=O) groups excluding carboxylic acids is 1. The number of sulfonamides is 1. The lowest BCUT2D eigenvalue weighted by Gasteiger charge is -2.19. The maximum Gasteiger partial charge on any atom is 0.407 e. The van der Waals surface area contributed by atoms with Crippen molar-refractivity contribution < 1.29 is 17.9 Å². The summed E-state index contributed by atoms with van der Waals surface area (Å²) in [4.78, 5) is 19.1. The average Bonchev–Trinajstić information content (AvgIpc) is 3.39. The van der Waals surface area contributed by atoms with Gasteiger partial charge in [0.05, 0.1) is 18.3 Å². The fourth-order valence-electron chi connectivity index (χ4n) is 4.34. The number of aryl methyl sites for hydroxylation is 2. The topological polar surface area (TPSA) is 118 Å². The monoisotopic (exact) mass is 570 g/mol. The first kappa shape index (κ1) is 31.3. The van der Waals surface area contributed by atoms with E-state index in [-0.39, 0.29) is 18.9 Å². The molecule has 1 aromatic heterocycles. The summed E-state index contributed by atoms with van der Waals surface area (Å²) in [6.45, 7) is 9.35. The third-order valence-electron chi connectivity index (χ3n) is 6.65. The number of benzene rings is 2. The first-order chi connectivity index (χ1) is 19.3. The van der Waals surface area contributed by atoms with Crippen LogP contribution in [0.3, 0.4) is 0 Å². The molecule has 1 atom stereocenters. The van der Waals surface area contributed by atoms with Gasteiger partial charge in [-0.25, -0.2) is 27.6 Å². The fraction of sp³-hybridized carbons (Fsp3) is 0.483. The van der Waals surface area contributed by atoms with Crippen LogP contribution in [0.1, 0.15) is 62.4 Å². The zero-order valence-electron chi connectivity index (χ0n) is 23.8. The highest BCUT2D eigenvalue weighted by Crippen LogP contribution is 2.19. The Morgan fingerprint density at radius 1 is 1.00 bits per heavy atom. The van der Waals surface area contributed by atoms with Gasteiger partial charge in [0.25, 0.3) is 0 Å². The van der Waals surface area contributed by atoms with Crippen LogP contribution in [0.25, 0.3) is 0 Å². The summed E-state index contributed by atoms with van der Waals surface area (Å²) in [6, 6.07) is 18.8. The van der Waals surface area contributed by atoms with E-state index in [1.807, 2.05) is 67.6 Å². The summed E-state index contributed by atoms with van der Waals surface area (Å²) in [5.41, 5.74) is 1.99. The molecule has 2 N–H and O–H groups in total. The van der Waals surface area contributed by atoms with Crippen LogP contribution in [0, 0.1) is 0 Å². The van der Waals surface area contributed by atoms with Gasteiger partial charge in [-0.05, 0) is 56.9 Å². The summed E-state index contributed by atoms with van der Waals surface area (Å²) in [5.74, 6) is 0.945. The highest BCUT2D eigenvalue weighted by atomic mass is 32.2. The van der Waals surface area contributed by atoms with Crippen molar-refractivity contribution >= 4 is 16.1 Å². The smallest absolute Gasteiger partial charge is 0.407 e. The molecule has 10 nitrogen and oxygen atoms in total. The lowest BCUT2D eigenvalue weighted by Crippen LogP contribution is -2.33. The summed E-state index contributed by atoms with van der Waals surface area (Å²) in [5, 5.41) is 7.33. The minimum atomic E-state index is -3.57. The summed E-state index contributed by atoms with van der Waals surface area (Å²) in [7, 11) is -3.57. The lowest BCUT2D eigenvalue weighted by atomic mass is 10.1. The third-order valence-corrected chi connectivity index (χ3v) is 8.12. The van der Waals surface area contributed by atoms with Gasteiger partial charge >= 0.3 is 6.09 Å². The van der Waals surface area contributed by atoms with E-state index in [1.165, 1.54) is 0 Å². The fourth-order valence-corrected chi connectivity index (χ4v) is 5.62. The van der Waals surface area contributed by atoms with Crippen molar-refractivity contribution in [2.45, 2.75) is 65.8 Å². The molecule has 1 amide bonds. The maximum atomic E-state index is 13.1. The lowest BCUT2D eigenvalue weighted by molar-refractivity contribution is 0.138. The standard InChI is InChI=1S/C29H42N6O4S/c1-4-34(5-2)20-13-21-40(37,38)33-26(19-18-24-14-9-7-10-15-24)28-31-27(35(6-3)32-28)22-30-29(36)39-23-25-16-11-8-12-17-25/h7-12,14-17,26,33H,4-6,13,18-23H2,1-3H3,(H,30,36)/t26-/m1/s1. The number of nitrogens with one attached hydrogen (secondary N) is 2. The van der Waals surface area contributed by atoms with Crippen LogP contribution in [0.2, 0.25) is 0 Å². The molecule has 0 saturated heterocycles. The predicted octanol–water partition coefficient (Wildman–Crippen LogP) is 4.05. The van der Waals surface area contributed by atoms with Crippen molar-refractivity contribution in [2.24, 2.45) is 0 Å². The number of alkyl carbamates (subject to hydrolysis) is 1. The Kier molecular flexibility index (Phi) is 12.6. The van der Waals surface area contributed by atoms with Gasteiger partial charge in [-0.15, -0.1) is 0 Å². The van der Waals surface area contributed by atoms with E-state index in [9.17, 15) is 13.2 Å². The largest absolute Gasteiger partial charge is 0.445 e. The zero-order chi connectivity index (χ0) is 28.8. The second-order valence-electron chi connectivity index (χ2n) is 9.51. The summed E-state index contributed by atoms with van der Waals surface area (Å²) >= 11 is 0. The molecule has 0 aliphatic rings. The molecule has 0 unspecified atom stereocenters. The van der Waals surface area contributed by atoms with Crippen LogP contribution in [0.5, 0.6) is 0 Å². The molecule has 0 aliphatic carbocycles. The Bertz CT molecular complexity index is 1260. The van der Waals surface area contributed by atoms with E-state index in [2.05, 4.69) is 38.9 Å². The predicted molar refractivity (Wildman–Crippen MR) is 156 cm³/mol. The van der Waals surface area contributed by atoms with Crippen molar-refractivity contribution in [1.29, 1.82) is 0 Å². The number of hydrogen-bond acceptors (Lipinski definition) is 7. The average molecular weight is 571 g/mol. The van der Waals surface area contributed by atoms with Gasteiger partial charge in [0.1, 0.15) is 12.4 Å². The minimum absolute atomic E-state index is 0.0293. The third kappa shape index (κ3) is 10.4. The van der Waals surface area contributed by atoms with Gasteiger partial charge in [-0.1, -0.05) is 74.5 Å². The molecule has 0 radical (unpaired) electrons. The first-order valence-electron chi connectivity index (χ1n) is 14.0. The highest BCUT2D eigenvalue weighted by molar-refractivity contribution is 7.89. The van der Waals surface area contributed by atoms with Gasteiger partial charge in [0, 0.05) is 6.54 Å². The van der Waals surface area contributed by atoms with E-state index in [0.29, 0.717) is 37.5 Å². The van der Waals surface area contributed by atoms with Gasteiger partial charge < -0.3 is 15.0 Å². The normalized spacial score (nSPS) is 12.4. The molecule has 218 valence electrons. The second kappa shape index (κ2) is 16.1. The number of amides is 1. The summed E-state index contributed by atoms with van der Waals surface area (Å²) < 4.78 is 36.0. The van der Waals surface area contributed by atoms with Crippen LogP contribution >= 0.6 is 0 Å². The van der Waals surface area contributed by atoms with E-state index >= 15 is 0 Å². The molecule has 3 aromatic rings. The number of ether oxygens (including phenoxy) is 1. The molecule has 0 bridgehead atoms. The Hall–Kier alpha value is -3.28. The van der Waals surface area contributed by atoms with Gasteiger partial charge in [-0.2, -0.15) is 5.10 Å². The Morgan fingerprint density at radius 2 is 1.65 bits per heavy atom. The van der Waals surface area contributed by atoms with Crippen molar-refractivity contribution in [3.63, 3.8) is 0 Å². The van der Waals surface area contributed by atoms with Crippen molar-refractivity contribution in [3.05, 3.63) is 83.4 Å². The molecular weight excluding hydrogens is 528 g/mol. The molecule has 0 aliphatic heterocycles. The summed E-state index contributed by atoms with van der Waals surface area (Å²) in [6.07, 6.45) is 1.14. The number of nitrogens with zero attached hydrogens (tertiary/aromatic N) is 4. The molecular formula is C29H42N6O4S. The molecule has 0 spiro atoms. The van der Waals surface area contributed by atoms with Gasteiger partial charge in [-0.3, -0.25) is 0 Å². The zero-order valence-corrected chi connectivity index (χ0v) is 24.6. The van der Waals surface area contributed by atoms with Gasteiger partial charge in [0.15, 0.2) is 5.82 Å². The SMILES string of the molecule is CCN(CC)CCCS(=O)(=O)N[C@H](CCc1ccccc1)c1nc(CNC(=O)OCc2ccccc2)n(CC)n1. The van der Waals surface area contributed by atoms with Crippen LogP contribution in [-0.4, -0.2) is 59.6 Å². The number of hydrogen-bond donors (Lipinski definition) is 2. The van der Waals surface area contributed by atoms with Crippen LogP contribution in [0.15, 0.2) is 60.7 Å². The van der Waals surface area contributed by atoms with Crippen LogP contribution in [-0.2, 0) is 40.9 Å². The first-order valence-corrected chi connectivity index (χ1v) is 15.6. The Morgan fingerprint density at radius 3 is 2.27 bits per heavy atom. The molecule has 40 heavy (non-hydrogen) atoms. The number of aromatic nitrogens is 3. The van der Waals surface area contributed by atoms with Crippen LogP contribution < -0.4 is 10.0 Å². The van der Waals surface area contributed by atoms with E-state index in [1.54, 1.807) is 4.68 Å². The van der Waals surface area contributed by atoms with E-state index in [0.717, 1.165) is 30.8 Å². The van der Waals surface area contributed by atoms with Crippen molar-refractivity contribution in [3.8, 4) is 0 Å². The number of carbonyl (C=O) groups is 1. The molecule has 11 heteroatoms. The van der Waals surface area contributed by atoms with E-state index < -0.39 is 22.2 Å². The van der Waals surface area contributed by atoms with Crippen molar-refractivity contribution in [1.82, 2.24) is 29.7 Å². The highest BCUT2D eigenvalue weighted by Gasteiger charge is 2.25.